The summed E-state index contributed by atoms with van der Waals surface area (Å²) in [6.07, 6.45) is 12.1. The summed E-state index contributed by atoms with van der Waals surface area (Å²) < 4.78 is 13.4. The van der Waals surface area contributed by atoms with Gasteiger partial charge < -0.3 is 25.4 Å². The van der Waals surface area contributed by atoms with Crippen molar-refractivity contribution in [1.82, 2.24) is 0 Å². The number of hydrogen-bond donors (Lipinski definition) is 3. The first kappa shape index (κ1) is 28.3. The number of carbonyl (C=O) groups is 2. The first-order valence-corrected chi connectivity index (χ1v) is 16.5. The molecule has 1 aromatic carbocycles. The number of nitrogens with two attached hydrogens (primary N) is 1. The first-order valence-electron chi connectivity index (χ1n) is 16.5. The number of Topliss-reactive ketones (excluding diaryl/α,β-unsaturated/α-hetero) is 1. The molecule has 1 heterocycles. The second-order valence-corrected chi connectivity index (χ2v) is 15.4. The third-order valence-electron chi connectivity index (χ3n) is 13.9. The molecule has 0 aromatic heterocycles. The Morgan fingerprint density at radius 3 is 2.58 bits per heavy atom. The molecule has 11 atom stereocenters. The molecule has 1 aliphatic heterocycles. The Labute approximate surface area is 253 Å². The van der Waals surface area contributed by atoms with Gasteiger partial charge in [0, 0.05) is 28.4 Å². The molecular weight excluding hydrogens is 542 g/mol. The van der Waals surface area contributed by atoms with Crippen LogP contribution in [-0.2, 0) is 25.5 Å². The van der Waals surface area contributed by atoms with E-state index >= 15 is 0 Å². The van der Waals surface area contributed by atoms with Crippen molar-refractivity contribution >= 4 is 11.6 Å². The van der Waals surface area contributed by atoms with E-state index < -0.39 is 41.5 Å². The quantitative estimate of drug-likeness (QED) is 0.469. The van der Waals surface area contributed by atoms with Crippen LogP contribution in [0.1, 0.15) is 82.6 Å². The summed E-state index contributed by atoms with van der Waals surface area (Å²) in [7, 11) is 0. The van der Waals surface area contributed by atoms with E-state index in [2.05, 4.69) is 38.1 Å². The molecule has 6 fully saturated rings. The number of allylic oxidation sites excluding steroid dienone is 4. The summed E-state index contributed by atoms with van der Waals surface area (Å²) in [6.45, 7) is 3.60. The lowest BCUT2D eigenvalue weighted by molar-refractivity contribution is -0.201. The molecule has 2 unspecified atom stereocenters. The largest absolute Gasteiger partial charge is 0.393 e. The molecule has 4 N–H and O–H groups in total. The van der Waals surface area contributed by atoms with Crippen LogP contribution >= 0.6 is 0 Å². The lowest BCUT2D eigenvalue weighted by Gasteiger charge is -2.61. The molecule has 0 radical (unpaired) electrons. The average Bonchev–Trinajstić information content (AvgIpc) is 3.45. The van der Waals surface area contributed by atoms with Crippen molar-refractivity contribution in [3.05, 3.63) is 59.2 Å². The van der Waals surface area contributed by atoms with Crippen molar-refractivity contribution in [2.75, 3.05) is 6.61 Å². The van der Waals surface area contributed by atoms with Crippen LogP contribution in [-0.4, -0.2) is 52.2 Å². The Hall–Kier alpha value is -2.16. The average molecular weight is 588 g/mol. The highest BCUT2D eigenvalue weighted by atomic mass is 16.7. The molecule has 1 aromatic rings. The fourth-order valence-corrected chi connectivity index (χ4v) is 11.5. The normalized spacial score (nSPS) is 47.1. The zero-order valence-corrected chi connectivity index (χ0v) is 25.3. The van der Waals surface area contributed by atoms with Crippen LogP contribution in [0.15, 0.2) is 48.1 Å². The summed E-state index contributed by atoms with van der Waals surface area (Å²) >= 11 is 0. The highest BCUT2D eigenvalue weighted by Crippen LogP contribution is 2.70. The van der Waals surface area contributed by atoms with E-state index in [9.17, 15) is 19.8 Å². The summed E-state index contributed by atoms with van der Waals surface area (Å²) in [4.78, 5) is 26.0. The van der Waals surface area contributed by atoms with Crippen molar-refractivity contribution in [2.24, 2.45) is 45.7 Å². The third kappa shape index (κ3) is 3.60. The molecule has 0 bridgehead atoms. The summed E-state index contributed by atoms with van der Waals surface area (Å²) in [5.74, 6) is 0.489. The topological polar surface area (TPSA) is 119 Å². The van der Waals surface area contributed by atoms with E-state index in [1.54, 1.807) is 12.2 Å². The van der Waals surface area contributed by atoms with E-state index in [1.165, 1.54) is 24.8 Å². The van der Waals surface area contributed by atoms with Crippen LogP contribution < -0.4 is 5.73 Å². The van der Waals surface area contributed by atoms with E-state index in [0.717, 1.165) is 36.8 Å². The Morgan fingerprint density at radius 2 is 1.91 bits per heavy atom. The summed E-state index contributed by atoms with van der Waals surface area (Å²) in [6, 6.07) is 8.78. The number of carbonyl (C=O) groups excluding carboxylic acids is 2. The second-order valence-electron chi connectivity index (χ2n) is 15.4. The Balaban J connectivity index is 1.06. The lowest BCUT2D eigenvalue weighted by Crippen LogP contribution is -2.63. The molecular formula is C36H45NO6. The molecule has 7 heteroatoms. The van der Waals surface area contributed by atoms with Crippen LogP contribution in [0.25, 0.3) is 0 Å². The molecule has 7 nitrogen and oxygen atoms in total. The predicted octanol–water partition coefficient (Wildman–Crippen LogP) is 4.35. The van der Waals surface area contributed by atoms with Gasteiger partial charge in [0.1, 0.15) is 6.61 Å². The van der Waals surface area contributed by atoms with Gasteiger partial charge in [-0.3, -0.25) is 9.59 Å². The van der Waals surface area contributed by atoms with Gasteiger partial charge in [0.2, 0.25) is 0 Å². The fraction of sp³-hybridized carbons (Fsp3) is 0.667. The second kappa shape index (κ2) is 9.43. The van der Waals surface area contributed by atoms with Crippen LogP contribution in [0, 0.1) is 39.9 Å². The van der Waals surface area contributed by atoms with Crippen LogP contribution in [0.5, 0.6) is 0 Å². The SMILES string of the molecule is C[C@]12C=CC(=O)C=C1CC[C@@H]1[C@@H]2[C@@H](O)C[C@@]2(C)[C@H]1C[C@H]1O[C@@H](c3ccc(CC4CC(N)C45CCC5)cc3)O[C@]12C(=O)CO. The molecule has 5 saturated carbocycles. The third-order valence-corrected chi connectivity index (χ3v) is 13.9. The number of ketones is 2. The van der Waals surface area contributed by atoms with Gasteiger partial charge in [-0.05, 0) is 92.3 Å². The van der Waals surface area contributed by atoms with E-state index in [4.69, 9.17) is 15.2 Å². The van der Waals surface area contributed by atoms with E-state index in [-0.39, 0.29) is 29.3 Å². The van der Waals surface area contributed by atoms with Gasteiger partial charge in [0.15, 0.2) is 23.5 Å². The fourth-order valence-electron chi connectivity index (χ4n) is 11.5. The Bertz CT molecular complexity index is 1410. The number of ether oxygens (including phenoxy) is 2. The molecule has 8 rings (SSSR count). The highest BCUT2D eigenvalue weighted by molar-refractivity contribution is 6.01. The van der Waals surface area contributed by atoms with Gasteiger partial charge >= 0.3 is 0 Å². The number of hydrogen-bond acceptors (Lipinski definition) is 7. The van der Waals surface area contributed by atoms with Crippen LogP contribution in [0.4, 0.5) is 0 Å². The van der Waals surface area contributed by atoms with Gasteiger partial charge in [0.25, 0.3) is 0 Å². The Kier molecular flexibility index (Phi) is 6.21. The standard InChI is InChI=1S/C36H45NO6/c1-33-13-10-24(39)15-22(33)8-9-25-26-17-30-36(29(41)19-38,34(26,2)18-27(40)31(25)33)43-32(42-30)21-6-4-20(5-7-21)14-23-16-28(37)35(23)11-3-12-35/h4-7,10,13,15,23,25-28,30-32,38,40H,3,8-9,11-12,14,16-19,37H2,1-2H3/t23?,25-,26-,27-,28?,30+,31+,32+,33-,34-,36+/m0/s1. The number of rotatable bonds is 5. The maximum absolute atomic E-state index is 13.8. The maximum atomic E-state index is 13.8. The minimum atomic E-state index is -1.32. The van der Waals surface area contributed by atoms with Gasteiger partial charge in [-0.15, -0.1) is 0 Å². The van der Waals surface area contributed by atoms with Crippen molar-refractivity contribution < 1.29 is 29.3 Å². The number of aliphatic hydroxyl groups excluding tert-OH is 2. The van der Waals surface area contributed by atoms with Gasteiger partial charge in [-0.1, -0.05) is 56.2 Å². The minimum Gasteiger partial charge on any atom is -0.393 e. The van der Waals surface area contributed by atoms with Crippen LogP contribution in [0.2, 0.25) is 0 Å². The zero-order valence-electron chi connectivity index (χ0n) is 25.3. The molecule has 1 spiro atoms. The first-order chi connectivity index (χ1) is 20.6. The number of fused-ring (bicyclic) bond motifs is 7. The molecule has 1 saturated heterocycles. The Morgan fingerprint density at radius 1 is 1.14 bits per heavy atom. The summed E-state index contributed by atoms with van der Waals surface area (Å²) in [5.41, 5.74) is 7.61. The summed E-state index contributed by atoms with van der Waals surface area (Å²) in [5, 5.41) is 22.1. The lowest BCUT2D eigenvalue weighted by atomic mass is 9.46. The molecule has 0 amide bonds. The van der Waals surface area contributed by atoms with Gasteiger partial charge in [-0.25, -0.2) is 0 Å². The maximum Gasteiger partial charge on any atom is 0.193 e. The van der Waals surface area contributed by atoms with Crippen LogP contribution in [0.3, 0.4) is 0 Å². The molecule has 43 heavy (non-hydrogen) atoms. The smallest absolute Gasteiger partial charge is 0.193 e. The minimum absolute atomic E-state index is 0.0133. The predicted molar refractivity (Wildman–Crippen MR) is 159 cm³/mol. The molecule has 6 aliphatic carbocycles. The van der Waals surface area contributed by atoms with Gasteiger partial charge in [-0.2, -0.15) is 0 Å². The van der Waals surface area contributed by atoms with Gasteiger partial charge in [0.05, 0.1) is 12.2 Å². The molecule has 7 aliphatic rings. The van der Waals surface area contributed by atoms with Crippen molar-refractivity contribution in [3.8, 4) is 0 Å². The van der Waals surface area contributed by atoms with Crippen molar-refractivity contribution in [3.63, 3.8) is 0 Å². The van der Waals surface area contributed by atoms with E-state index in [1.807, 2.05) is 6.08 Å². The zero-order chi connectivity index (χ0) is 29.9. The number of aliphatic hydroxyl groups is 2. The highest BCUT2D eigenvalue weighted by Gasteiger charge is 2.76. The molecule has 230 valence electrons. The van der Waals surface area contributed by atoms with Crippen molar-refractivity contribution in [2.45, 2.75) is 102 Å². The van der Waals surface area contributed by atoms with Crippen molar-refractivity contribution in [1.29, 1.82) is 0 Å². The monoisotopic (exact) mass is 587 g/mol. The number of benzene rings is 1. The van der Waals surface area contributed by atoms with E-state index in [0.29, 0.717) is 30.2 Å².